The molecule has 1 heterocycles. The topological polar surface area (TPSA) is 30.0 Å². The lowest BCUT2D eigenvalue weighted by molar-refractivity contribution is -0.119. The van der Waals surface area contributed by atoms with E-state index < -0.39 is 5.41 Å². The Morgan fingerprint density at radius 2 is 1.70 bits per heavy atom. The van der Waals surface area contributed by atoms with Crippen LogP contribution in [0.5, 0.6) is 0 Å². The number of halogens is 1. The van der Waals surface area contributed by atoms with Crippen molar-refractivity contribution in [2.75, 3.05) is 0 Å². The molecule has 0 unspecified atom stereocenters. The fraction of sp³-hybridized carbons (Fsp3) is 0.250. The summed E-state index contributed by atoms with van der Waals surface area (Å²) in [6, 6.07) is 18.7. The predicted octanol–water partition coefficient (Wildman–Crippen LogP) is 5.68. The van der Waals surface area contributed by atoms with E-state index in [2.05, 4.69) is 4.98 Å². The predicted molar refractivity (Wildman–Crippen MR) is 107 cm³/mol. The van der Waals surface area contributed by atoms with Crippen LogP contribution in [-0.2, 0) is 16.6 Å². The molecule has 0 aliphatic carbocycles. The highest BCUT2D eigenvalue weighted by atomic mass is 19.1. The van der Waals surface area contributed by atoms with Gasteiger partial charge in [0.1, 0.15) is 11.6 Å². The Kier molecular flexibility index (Phi) is 5.50. The minimum Gasteiger partial charge on any atom is -0.299 e. The summed E-state index contributed by atoms with van der Waals surface area (Å²) in [5.41, 5.74) is 4.21. The first-order chi connectivity index (χ1) is 12.8. The molecule has 138 valence electrons. The number of aryl methyl sites for hydroxylation is 1. The van der Waals surface area contributed by atoms with E-state index in [4.69, 9.17) is 0 Å². The van der Waals surface area contributed by atoms with Gasteiger partial charge in [-0.2, -0.15) is 0 Å². The lowest BCUT2D eigenvalue weighted by Gasteiger charge is -2.25. The van der Waals surface area contributed by atoms with Crippen molar-refractivity contribution in [2.45, 2.75) is 39.0 Å². The molecular formula is C24H24FNO. The number of benzene rings is 2. The van der Waals surface area contributed by atoms with E-state index in [-0.39, 0.29) is 11.6 Å². The zero-order valence-electron chi connectivity index (χ0n) is 16.0. The lowest BCUT2D eigenvalue weighted by atomic mass is 9.79. The summed E-state index contributed by atoms with van der Waals surface area (Å²) in [4.78, 5) is 16.8. The average molecular weight is 361 g/mol. The maximum atomic E-state index is 14.1. The molecule has 0 fully saturated rings. The zero-order chi connectivity index (χ0) is 19.4. The molecule has 0 radical (unpaired) electrons. The summed E-state index contributed by atoms with van der Waals surface area (Å²) in [6.45, 7) is 5.80. The second-order valence-electron chi connectivity index (χ2n) is 7.64. The minimum absolute atomic E-state index is 0.107. The second-order valence-corrected chi connectivity index (χ2v) is 7.64. The lowest BCUT2D eigenvalue weighted by Crippen LogP contribution is -2.24. The number of hydrogen-bond donors (Lipinski definition) is 0. The Morgan fingerprint density at radius 1 is 1.00 bits per heavy atom. The van der Waals surface area contributed by atoms with Crippen molar-refractivity contribution < 1.29 is 9.18 Å². The molecule has 3 heteroatoms. The first-order valence-corrected chi connectivity index (χ1v) is 9.14. The normalized spacial score (nSPS) is 11.4. The highest BCUT2D eigenvalue weighted by Crippen LogP contribution is 2.30. The van der Waals surface area contributed by atoms with Gasteiger partial charge in [-0.15, -0.1) is 0 Å². The third-order valence-corrected chi connectivity index (χ3v) is 4.83. The van der Waals surface area contributed by atoms with Gasteiger partial charge in [-0.25, -0.2) is 4.39 Å². The van der Waals surface area contributed by atoms with Crippen LogP contribution in [0, 0.1) is 12.7 Å². The van der Waals surface area contributed by atoms with E-state index in [0.717, 1.165) is 22.4 Å². The van der Waals surface area contributed by atoms with Crippen molar-refractivity contribution in [1.82, 2.24) is 4.98 Å². The largest absolute Gasteiger partial charge is 0.299 e. The van der Waals surface area contributed by atoms with Gasteiger partial charge in [0, 0.05) is 24.7 Å². The third kappa shape index (κ3) is 4.68. The highest BCUT2D eigenvalue weighted by molar-refractivity contribution is 5.82. The molecule has 3 rings (SSSR count). The molecule has 1 aromatic heterocycles. The van der Waals surface area contributed by atoms with Crippen LogP contribution in [0.3, 0.4) is 0 Å². The summed E-state index contributed by atoms with van der Waals surface area (Å²) >= 11 is 0. The Balaban J connectivity index is 1.68. The number of rotatable bonds is 6. The van der Waals surface area contributed by atoms with Crippen LogP contribution in [0.4, 0.5) is 4.39 Å². The standard InChI is InChI=1S/C24H24FNO/c1-17-14-20(12-13-26-17)19-10-8-18(9-11-19)15-21(27)16-24(2,3)22-6-4-5-7-23(22)25/h4-14H,15-16H2,1-3H3. The minimum atomic E-state index is -0.531. The molecule has 0 atom stereocenters. The third-order valence-electron chi connectivity index (χ3n) is 4.83. The van der Waals surface area contributed by atoms with E-state index in [9.17, 15) is 9.18 Å². The maximum Gasteiger partial charge on any atom is 0.138 e. The second kappa shape index (κ2) is 7.83. The molecule has 2 nitrogen and oxygen atoms in total. The number of ketones is 1. The smallest absolute Gasteiger partial charge is 0.138 e. The van der Waals surface area contributed by atoms with Crippen LogP contribution in [0.15, 0.2) is 66.9 Å². The molecule has 0 aliphatic heterocycles. The summed E-state index contributed by atoms with van der Waals surface area (Å²) in [7, 11) is 0. The van der Waals surface area contributed by atoms with Crippen LogP contribution in [0.2, 0.25) is 0 Å². The summed E-state index contributed by atoms with van der Waals surface area (Å²) in [6.07, 6.45) is 2.46. The fourth-order valence-corrected chi connectivity index (χ4v) is 3.43. The van der Waals surface area contributed by atoms with Gasteiger partial charge >= 0.3 is 0 Å². The Morgan fingerprint density at radius 3 is 2.37 bits per heavy atom. The van der Waals surface area contributed by atoms with E-state index in [0.29, 0.717) is 18.4 Å². The Bertz CT molecular complexity index is 945. The van der Waals surface area contributed by atoms with Crippen LogP contribution in [-0.4, -0.2) is 10.8 Å². The van der Waals surface area contributed by atoms with Crippen molar-refractivity contribution in [2.24, 2.45) is 0 Å². The van der Waals surface area contributed by atoms with Gasteiger partial charge in [0.15, 0.2) is 0 Å². The SMILES string of the molecule is Cc1cc(-c2ccc(CC(=O)CC(C)(C)c3ccccc3F)cc2)ccn1. The number of pyridine rings is 1. The highest BCUT2D eigenvalue weighted by Gasteiger charge is 2.26. The van der Waals surface area contributed by atoms with Gasteiger partial charge in [-0.1, -0.05) is 56.3 Å². The molecule has 0 aliphatic rings. The molecule has 0 amide bonds. The first kappa shape index (κ1) is 19.0. The van der Waals surface area contributed by atoms with Gasteiger partial charge in [0.25, 0.3) is 0 Å². The molecule has 27 heavy (non-hydrogen) atoms. The van der Waals surface area contributed by atoms with Gasteiger partial charge in [-0.05, 0) is 52.8 Å². The van der Waals surface area contributed by atoms with Gasteiger partial charge < -0.3 is 0 Å². The zero-order valence-corrected chi connectivity index (χ0v) is 16.0. The molecule has 0 N–H and O–H groups in total. The van der Waals surface area contributed by atoms with Gasteiger partial charge in [0.2, 0.25) is 0 Å². The van der Waals surface area contributed by atoms with Gasteiger partial charge in [-0.3, -0.25) is 9.78 Å². The molecule has 0 saturated heterocycles. The van der Waals surface area contributed by atoms with Crippen molar-refractivity contribution in [3.8, 4) is 11.1 Å². The van der Waals surface area contributed by atoms with Crippen LogP contribution in [0.1, 0.15) is 37.1 Å². The molecule has 2 aromatic carbocycles. The van der Waals surface area contributed by atoms with Crippen LogP contribution >= 0.6 is 0 Å². The number of hydrogen-bond acceptors (Lipinski definition) is 2. The molecule has 0 saturated carbocycles. The number of carbonyl (C=O) groups excluding carboxylic acids is 1. The first-order valence-electron chi connectivity index (χ1n) is 9.14. The number of Topliss-reactive ketones (excluding diaryl/α,β-unsaturated/α-hetero) is 1. The Hall–Kier alpha value is -2.81. The molecule has 0 spiro atoms. The van der Waals surface area contributed by atoms with Crippen molar-refractivity contribution >= 4 is 5.78 Å². The van der Waals surface area contributed by atoms with E-state index in [1.54, 1.807) is 18.3 Å². The number of aromatic nitrogens is 1. The average Bonchev–Trinajstić information content (AvgIpc) is 2.62. The summed E-state index contributed by atoms with van der Waals surface area (Å²) in [5.74, 6) is -0.150. The van der Waals surface area contributed by atoms with Gasteiger partial charge in [0.05, 0.1) is 0 Å². The molecular weight excluding hydrogens is 337 g/mol. The van der Waals surface area contributed by atoms with E-state index in [1.165, 1.54) is 6.07 Å². The fourth-order valence-electron chi connectivity index (χ4n) is 3.43. The van der Waals surface area contributed by atoms with E-state index >= 15 is 0 Å². The van der Waals surface area contributed by atoms with Crippen molar-refractivity contribution in [1.29, 1.82) is 0 Å². The molecule has 3 aromatic rings. The Labute approximate surface area is 160 Å². The van der Waals surface area contributed by atoms with Crippen LogP contribution < -0.4 is 0 Å². The monoisotopic (exact) mass is 361 g/mol. The molecule has 0 bridgehead atoms. The quantitative estimate of drug-likeness (QED) is 0.566. The maximum absolute atomic E-state index is 14.1. The summed E-state index contributed by atoms with van der Waals surface area (Å²) in [5, 5.41) is 0. The van der Waals surface area contributed by atoms with Crippen LogP contribution in [0.25, 0.3) is 11.1 Å². The summed E-state index contributed by atoms with van der Waals surface area (Å²) < 4.78 is 14.1. The van der Waals surface area contributed by atoms with Crippen molar-refractivity contribution in [3.63, 3.8) is 0 Å². The number of nitrogens with zero attached hydrogens (tertiary/aromatic N) is 1. The number of carbonyl (C=O) groups is 1. The van der Waals surface area contributed by atoms with E-state index in [1.807, 2.05) is 63.2 Å². The van der Waals surface area contributed by atoms with Crippen molar-refractivity contribution in [3.05, 3.63) is 89.5 Å².